The van der Waals surface area contributed by atoms with Crippen molar-refractivity contribution in [3.05, 3.63) is 59.7 Å². The molecule has 128 valence electrons. The van der Waals surface area contributed by atoms with E-state index in [0.717, 1.165) is 29.8 Å². The van der Waals surface area contributed by atoms with Gasteiger partial charge in [-0.3, -0.25) is 0 Å². The fourth-order valence-electron chi connectivity index (χ4n) is 2.58. The predicted octanol–water partition coefficient (Wildman–Crippen LogP) is 4.57. The minimum Gasteiger partial charge on any atom is -0.497 e. The van der Waals surface area contributed by atoms with E-state index in [1.807, 2.05) is 42.5 Å². The Bertz CT molecular complexity index is 670. The summed E-state index contributed by atoms with van der Waals surface area (Å²) >= 11 is 0. The van der Waals surface area contributed by atoms with Crippen molar-refractivity contribution in [2.75, 3.05) is 19.0 Å². The summed E-state index contributed by atoms with van der Waals surface area (Å²) in [4.78, 5) is 12.1. The summed E-state index contributed by atoms with van der Waals surface area (Å²) in [5, 5.41) is 5.87. The van der Waals surface area contributed by atoms with Crippen molar-refractivity contribution in [2.24, 2.45) is 0 Å². The normalized spacial score (nSPS) is 11.6. The SMILES string of the molecule is CCC(C)c1ccccc1NC(=O)NCCc1cccc(OC)c1. The van der Waals surface area contributed by atoms with E-state index in [1.54, 1.807) is 7.11 Å². The van der Waals surface area contributed by atoms with Crippen LogP contribution >= 0.6 is 0 Å². The van der Waals surface area contributed by atoms with E-state index in [2.05, 4.69) is 30.5 Å². The standard InChI is InChI=1S/C20H26N2O2/c1-4-15(2)18-10-5-6-11-19(18)22-20(23)21-13-12-16-8-7-9-17(14-16)24-3/h5-11,14-15H,4,12-13H2,1-3H3,(H2,21,22,23). The number of anilines is 1. The van der Waals surface area contributed by atoms with Gasteiger partial charge in [-0.25, -0.2) is 4.79 Å². The van der Waals surface area contributed by atoms with E-state index in [0.29, 0.717) is 12.5 Å². The molecule has 0 aliphatic carbocycles. The molecule has 1 unspecified atom stereocenters. The van der Waals surface area contributed by atoms with E-state index in [4.69, 9.17) is 4.74 Å². The highest BCUT2D eigenvalue weighted by molar-refractivity contribution is 5.90. The first kappa shape index (κ1) is 17.9. The first-order valence-corrected chi connectivity index (χ1v) is 8.40. The lowest BCUT2D eigenvalue weighted by atomic mass is 9.97. The summed E-state index contributed by atoms with van der Waals surface area (Å²) < 4.78 is 5.21. The zero-order chi connectivity index (χ0) is 17.4. The molecule has 2 rings (SSSR count). The Morgan fingerprint density at radius 1 is 1.17 bits per heavy atom. The molecule has 2 aromatic carbocycles. The summed E-state index contributed by atoms with van der Waals surface area (Å²) in [6.07, 6.45) is 1.80. The molecule has 0 saturated carbocycles. The molecule has 0 spiro atoms. The van der Waals surface area contributed by atoms with Gasteiger partial charge in [0.05, 0.1) is 7.11 Å². The number of rotatable bonds is 7. The molecule has 0 aromatic heterocycles. The van der Waals surface area contributed by atoms with E-state index in [-0.39, 0.29) is 6.03 Å². The minimum atomic E-state index is -0.173. The number of nitrogens with one attached hydrogen (secondary N) is 2. The van der Waals surface area contributed by atoms with E-state index >= 15 is 0 Å². The van der Waals surface area contributed by atoms with Crippen molar-refractivity contribution in [1.82, 2.24) is 5.32 Å². The van der Waals surface area contributed by atoms with Crippen LogP contribution in [0.2, 0.25) is 0 Å². The van der Waals surface area contributed by atoms with Gasteiger partial charge in [0.1, 0.15) is 5.75 Å². The van der Waals surface area contributed by atoms with Crippen molar-refractivity contribution in [2.45, 2.75) is 32.6 Å². The molecule has 0 saturated heterocycles. The van der Waals surface area contributed by atoms with Gasteiger partial charge in [0, 0.05) is 12.2 Å². The molecule has 24 heavy (non-hydrogen) atoms. The van der Waals surface area contributed by atoms with Gasteiger partial charge in [-0.15, -0.1) is 0 Å². The zero-order valence-corrected chi connectivity index (χ0v) is 14.6. The highest BCUT2D eigenvalue weighted by Gasteiger charge is 2.10. The quantitative estimate of drug-likeness (QED) is 0.783. The van der Waals surface area contributed by atoms with Gasteiger partial charge >= 0.3 is 6.03 Å². The Balaban J connectivity index is 1.87. The molecule has 0 aliphatic heterocycles. The third-order valence-corrected chi connectivity index (χ3v) is 4.19. The highest BCUT2D eigenvalue weighted by atomic mass is 16.5. The third-order valence-electron chi connectivity index (χ3n) is 4.19. The van der Waals surface area contributed by atoms with Crippen LogP contribution in [0.15, 0.2) is 48.5 Å². The predicted molar refractivity (Wildman–Crippen MR) is 98.9 cm³/mol. The first-order valence-electron chi connectivity index (χ1n) is 8.40. The average molecular weight is 326 g/mol. The fraction of sp³-hybridized carbons (Fsp3) is 0.350. The molecule has 0 bridgehead atoms. The monoisotopic (exact) mass is 326 g/mol. The van der Waals surface area contributed by atoms with Gasteiger partial charge in [0.15, 0.2) is 0 Å². The van der Waals surface area contributed by atoms with Crippen molar-refractivity contribution >= 4 is 11.7 Å². The van der Waals surface area contributed by atoms with Crippen molar-refractivity contribution in [3.8, 4) is 5.75 Å². The van der Waals surface area contributed by atoms with Crippen LogP contribution in [0.5, 0.6) is 5.75 Å². The molecular formula is C20H26N2O2. The Kier molecular flexibility index (Phi) is 6.67. The molecule has 0 radical (unpaired) electrons. The summed E-state index contributed by atoms with van der Waals surface area (Å²) in [6.45, 7) is 4.89. The van der Waals surface area contributed by atoms with E-state index in [1.165, 1.54) is 5.56 Å². The van der Waals surface area contributed by atoms with Gasteiger partial charge in [-0.2, -0.15) is 0 Å². The number of methoxy groups -OCH3 is 1. The van der Waals surface area contributed by atoms with Gasteiger partial charge < -0.3 is 15.4 Å². The number of hydrogen-bond acceptors (Lipinski definition) is 2. The topological polar surface area (TPSA) is 50.4 Å². The number of carbonyl (C=O) groups is 1. The van der Waals surface area contributed by atoms with Gasteiger partial charge in [0.25, 0.3) is 0 Å². The summed E-state index contributed by atoms with van der Waals surface area (Å²) in [7, 11) is 1.65. The smallest absolute Gasteiger partial charge is 0.319 e. The Morgan fingerprint density at radius 2 is 1.96 bits per heavy atom. The molecule has 2 amide bonds. The second-order valence-corrected chi connectivity index (χ2v) is 5.88. The Labute approximate surface area is 144 Å². The van der Waals surface area contributed by atoms with Crippen LogP contribution in [0.1, 0.15) is 37.3 Å². The molecule has 2 aromatic rings. The van der Waals surface area contributed by atoms with Crippen LogP contribution in [-0.4, -0.2) is 19.7 Å². The number of amides is 2. The molecule has 0 aliphatic rings. The maximum Gasteiger partial charge on any atom is 0.319 e. The number of ether oxygens (including phenoxy) is 1. The molecule has 1 atom stereocenters. The number of carbonyl (C=O) groups excluding carboxylic acids is 1. The summed E-state index contributed by atoms with van der Waals surface area (Å²) in [5.74, 6) is 1.25. The summed E-state index contributed by atoms with van der Waals surface area (Å²) in [5.41, 5.74) is 3.18. The highest BCUT2D eigenvalue weighted by Crippen LogP contribution is 2.26. The van der Waals surface area contributed by atoms with Gasteiger partial charge in [0.2, 0.25) is 0 Å². The van der Waals surface area contributed by atoms with Gasteiger partial charge in [-0.1, -0.05) is 44.2 Å². The van der Waals surface area contributed by atoms with Crippen LogP contribution in [-0.2, 0) is 6.42 Å². The second-order valence-electron chi connectivity index (χ2n) is 5.88. The first-order chi connectivity index (χ1) is 11.6. The number of hydrogen-bond donors (Lipinski definition) is 2. The minimum absolute atomic E-state index is 0.173. The molecule has 2 N–H and O–H groups in total. The van der Waals surface area contributed by atoms with Crippen LogP contribution in [0.25, 0.3) is 0 Å². The van der Waals surface area contributed by atoms with E-state index in [9.17, 15) is 4.79 Å². The average Bonchev–Trinajstić information content (AvgIpc) is 2.61. The second kappa shape index (κ2) is 8.96. The van der Waals surface area contributed by atoms with E-state index < -0.39 is 0 Å². The summed E-state index contributed by atoms with van der Waals surface area (Å²) in [6, 6.07) is 15.7. The molecule has 0 fully saturated rings. The molecule has 4 nitrogen and oxygen atoms in total. The lowest BCUT2D eigenvalue weighted by Gasteiger charge is -2.16. The number of para-hydroxylation sites is 1. The van der Waals surface area contributed by atoms with Crippen LogP contribution in [0.3, 0.4) is 0 Å². The maximum atomic E-state index is 12.1. The lowest BCUT2D eigenvalue weighted by Crippen LogP contribution is -2.30. The molecule has 4 heteroatoms. The van der Waals surface area contributed by atoms with Crippen molar-refractivity contribution in [3.63, 3.8) is 0 Å². The Hall–Kier alpha value is -2.49. The van der Waals surface area contributed by atoms with Gasteiger partial charge in [-0.05, 0) is 48.1 Å². The number of urea groups is 1. The lowest BCUT2D eigenvalue weighted by molar-refractivity contribution is 0.252. The van der Waals surface area contributed by atoms with Crippen molar-refractivity contribution < 1.29 is 9.53 Å². The largest absolute Gasteiger partial charge is 0.497 e. The fourth-order valence-corrected chi connectivity index (χ4v) is 2.58. The molecular weight excluding hydrogens is 300 g/mol. The number of benzene rings is 2. The maximum absolute atomic E-state index is 12.1. The van der Waals surface area contributed by atoms with Crippen molar-refractivity contribution in [1.29, 1.82) is 0 Å². The van der Waals surface area contributed by atoms with Crippen LogP contribution in [0.4, 0.5) is 10.5 Å². The van der Waals surface area contributed by atoms with Crippen LogP contribution in [0, 0.1) is 0 Å². The molecule has 0 heterocycles. The Morgan fingerprint density at radius 3 is 2.71 bits per heavy atom. The zero-order valence-electron chi connectivity index (χ0n) is 14.6. The third kappa shape index (κ3) is 5.01. The van der Waals surface area contributed by atoms with Crippen LogP contribution < -0.4 is 15.4 Å².